The summed E-state index contributed by atoms with van der Waals surface area (Å²) in [5.74, 6) is -0.764. The number of unbranched alkanes of at least 4 members (excludes halogenated alkanes) is 5. The van der Waals surface area contributed by atoms with E-state index in [1.54, 1.807) is 13.8 Å². The normalized spacial score (nSPS) is 11.8. The van der Waals surface area contributed by atoms with Gasteiger partial charge in [-0.25, -0.2) is 9.59 Å². The minimum Gasteiger partial charge on any atom is -0.463 e. The zero-order valence-corrected chi connectivity index (χ0v) is 14.7. The Kier molecular flexibility index (Phi) is 12.5. The van der Waals surface area contributed by atoms with Crippen LogP contribution < -0.4 is 0 Å². The maximum atomic E-state index is 12.1. The number of carbonyl (C=O) groups is 2. The summed E-state index contributed by atoms with van der Waals surface area (Å²) in [6.45, 7) is 8.23. The summed E-state index contributed by atoms with van der Waals surface area (Å²) in [5, 5.41) is 0. The molecule has 0 saturated heterocycles. The van der Waals surface area contributed by atoms with Crippen LogP contribution in [0, 0.1) is 0 Å². The third kappa shape index (κ3) is 8.20. The molecule has 0 aliphatic heterocycles. The summed E-state index contributed by atoms with van der Waals surface area (Å²) in [4.78, 5) is 24.1. The Hall–Kier alpha value is -1.32. The fourth-order valence-electron chi connectivity index (χ4n) is 2.38. The molecule has 0 N–H and O–H groups in total. The van der Waals surface area contributed by atoms with Gasteiger partial charge in [0.2, 0.25) is 0 Å². The zero-order chi connectivity index (χ0) is 16.8. The molecule has 0 bridgehead atoms. The summed E-state index contributed by atoms with van der Waals surface area (Å²) in [6, 6.07) is 0. The lowest BCUT2D eigenvalue weighted by Crippen LogP contribution is -2.16. The maximum Gasteiger partial charge on any atom is 0.334 e. The van der Waals surface area contributed by atoms with E-state index in [-0.39, 0.29) is 11.9 Å². The van der Waals surface area contributed by atoms with Crippen molar-refractivity contribution < 1.29 is 19.1 Å². The molecule has 0 aromatic heterocycles. The summed E-state index contributed by atoms with van der Waals surface area (Å²) in [6.07, 6.45) is 7.93. The SMILES string of the molecule is CCCCCCCCC(C(=O)OCC)=C(CC)C(=O)OCC. The lowest BCUT2D eigenvalue weighted by molar-refractivity contribution is -0.142. The highest BCUT2D eigenvalue weighted by Crippen LogP contribution is 2.20. The number of hydrogen-bond acceptors (Lipinski definition) is 4. The van der Waals surface area contributed by atoms with Gasteiger partial charge in [-0.2, -0.15) is 0 Å². The van der Waals surface area contributed by atoms with Crippen LogP contribution in [0.1, 0.15) is 79.1 Å². The van der Waals surface area contributed by atoms with Crippen molar-refractivity contribution in [2.24, 2.45) is 0 Å². The molecule has 0 amide bonds. The van der Waals surface area contributed by atoms with Crippen molar-refractivity contribution in [2.45, 2.75) is 79.1 Å². The molecule has 0 saturated carbocycles. The molecule has 0 aliphatic carbocycles. The molecule has 0 radical (unpaired) electrons. The third-order valence-corrected chi connectivity index (χ3v) is 3.54. The van der Waals surface area contributed by atoms with Gasteiger partial charge in [-0.3, -0.25) is 0 Å². The molecule has 0 fully saturated rings. The predicted octanol–water partition coefficient (Wildman–Crippen LogP) is 4.57. The number of esters is 2. The van der Waals surface area contributed by atoms with Gasteiger partial charge in [0.15, 0.2) is 0 Å². The van der Waals surface area contributed by atoms with Gasteiger partial charge in [0.1, 0.15) is 0 Å². The second-order valence-electron chi connectivity index (χ2n) is 5.27. The first-order valence-corrected chi connectivity index (χ1v) is 8.68. The van der Waals surface area contributed by atoms with Crippen LogP contribution in [0.4, 0.5) is 0 Å². The van der Waals surface area contributed by atoms with E-state index in [0.29, 0.717) is 37.2 Å². The van der Waals surface area contributed by atoms with Crippen LogP contribution in [0.2, 0.25) is 0 Å². The second kappa shape index (κ2) is 13.4. The van der Waals surface area contributed by atoms with Gasteiger partial charge in [0.05, 0.1) is 13.2 Å². The van der Waals surface area contributed by atoms with Gasteiger partial charge < -0.3 is 9.47 Å². The van der Waals surface area contributed by atoms with E-state index in [9.17, 15) is 9.59 Å². The Morgan fingerprint density at radius 2 is 1.18 bits per heavy atom. The minimum absolute atomic E-state index is 0.315. The molecule has 0 aromatic rings. The van der Waals surface area contributed by atoms with E-state index < -0.39 is 0 Å². The Morgan fingerprint density at radius 3 is 1.68 bits per heavy atom. The van der Waals surface area contributed by atoms with Gasteiger partial charge in [0, 0.05) is 11.1 Å². The molecule has 0 unspecified atom stereocenters. The van der Waals surface area contributed by atoms with Crippen molar-refractivity contribution in [1.29, 1.82) is 0 Å². The number of rotatable bonds is 12. The molecule has 22 heavy (non-hydrogen) atoms. The average molecular weight is 312 g/mol. The van der Waals surface area contributed by atoms with Gasteiger partial charge in [-0.15, -0.1) is 0 Å². The van der Waals surface area contributed by atoms with Crippen molar-refractivity contribution in [1.82, 2.24) is 0 Å². The van der Waals surface area contributed by atoms with Crippen LogP contribution >= 0.6 is 0 Å². The van der Waals surface area contributed by atoms with Gasteiger partial charge in [0.25, 0.3) is 0 Å². The quantitative estimate of drug-likeness (QED) is 0.301. The van der Waals surface area contributed by atoms with Crippen LogP contribution in [0.25, 0.3) is 0 Å². The fraction of sp³-hybridized carbons (Fsp3) is 0.778. The molecule has 4 heteroatoms. The van der Waals surface area contributed by atoms with Crippen molar-refractivity contribution in [3.05, 3.63) is 11.1 Å². The second-order valence-corrected chi connectivity index (χ2v) is 5.27. The van der Waals surface area contributed by atoms with Crippen molar-refractivity contribution in [2.75, 3.05) is 13.2 Å². The van der Waals surface area contributed by atoms with Crippen LogP contribution in [0.15, 0.2) is 11.1 Å². The van der Waals surface area contributed by atoms with Crippen LogP contribution in [0.5, 0.6) is 0 Å². The molecular weight excluding hydrogens is 280 g/mol. The summed E-state index contributed by atoms with van der Waals surface area (Å²) < 4.78 is 10.2. The Balaban J connectivity index is 4.79. The molecule has 0 aliphatic rings. The third-order valence-electron chi connectivity index (χ3n) is 3.54. The number of carbonyl (C=O) groups excluding carboxylic acids is 2. The van der Waals surface area contributed by atoms with E-state index in [1.807, 2.05) is 6.92 Å². The van der Waals surface area contributed by atoms with E-state index in [1.165, 1.54) is 25.7 Å². The molecular formula is C18H32O4. The van der Waals surface area contributed by atoms with Gasteiger partial charge in [-0.1, -0.05) is 46.0 Å². The van der Waals surface area contributed by atoms with Crippen LogP contribution in [0.3, 0.4) is 0 Å². The Morgan fingerprint density at radius 1 is 0.682 bits per heavy atom. The highest BCUT2D eigenvalue weighted by atomic mass is 16.5. The van der Waals surface area contributed by atoms with Crippen molar-refractivity contribution in [3.8, 4) is 0 Å². The first-order valence-electron chi connectivity index (χ1n) is 8.68. The van der Waals surface area contributed by atoms with Gasteiger partial charge in [-0.05, 0) is 33.1 Å². The van der Waals surface area contributed by atoms with Crippen molar-refractivity contribution in [3.63, 3.8) is 0 Å². The van der Waals surface area contributed by atoms with E-state index in [4.69, 9.17) is 9.47 Å². The lowest BCUT2D eigenvalue weighted by Gasteiger charge is -2.12. The molecule has 128 valence electrons. The summed E-state index contributed by atoms with van der Waals surface area (Å²) in [5.41, 5.74) is 0.965. The molecule has 4 nitrogen and oxygen atoms in total. The highest BCUT2D eigenvalue weighted by molar-refractivity contribution is 6.00. The molecule has 0 aromatic carbocycles. The Bertz CT molecular complexity index is 358. The minimum atomic E-state index is -0.390. The maximum absolute atomic E-state index is 12.1. The van der Waals surface area contributed by atoms with Crippen molar-refractivity contribution >= 4 is 11.9 Å². The topological polar surface area (TPSA) is 52.6 Å². The fourth-order valence-corrected chi connectivity index (χ4v) is 2.38. The lowest BCUT2D eigenvalue weighted by atomic mass is 9.99. The highest BCUT2D eigenvalue weighted by Gasteiger charge is 2.21. The molecule has 0 heterocycles. The van der Waals surface area contributed by atoms with Gasteiger partial charge >= 0.3 is 11.9 Å². The first kappa shape index (κ1) is 20.7. The summed E-state index contributed by atoms with van der Waals surface area (Å²) in [7, 11) is 0. The largest absolute Gasteiger partial charge is 0.463 e. The zero-order valence-electron chi connectivity index (χ0n) is 14.7. The molecule has 0 spiro atoms. The Labute approximate surface area is 135 Å². The average Bonchev–Trinajstić information content (AvgIpc) is 2.50. The number of hydrogen-bond donors (Lipinski definition) is 0. The standard InChI is InChI=1S/C18H32O4/c1-5-9-10-11-12-13-14-16(18(20)22-8-4)15(6-2)17(19)21-7-3/h5-14H2,1-4H3. The predicted molar refractivity (Wildman–Crippen MR) is 88.6 cm³/mol. The number of ether oxygens (including phenoxy) is 2. The van der Waals surface area contributed by atoms with E-state index in [0.717, 1.165) is 12.8 Å². The van der Waals surface area contributed by atoms with E-state index >= 15 is 0 Å². The van der Waals surface area contributed by atoms with Crippen LogP contribution in [-0.4, -0.2) is 25.2 Å². The van der Waals surface area contributed by atoms with E-state index in [2.05, 4.69) is 6.92 Å². The van der Waals surface area contributed by atoms with Crippen LogP contribution in [-0.2, 0) is 19.1 Å². The first-order chi connectivity index (χ1) is 10.6. The molecule has 0 rings (SSSR count). The monoisotopic (exact) mass is 312 g/mol. The molecule has 0 atom stereocenters. The summed E-state index contributed by atoms with van der Waals surface area (Å²) >= 11 is 0. The smallest absolute Gasteiger partial charge is 0.334 e.